The Morgan fingerprint density at radius 1 is 0.929 bits per heavy atom. The van der Waals surface area contributed by atoms with E-state index in [1.807, 2.05) is 13.8 Å². The second-order valence-corrected chi connectivity index (χ2v) is 7.61. The minimum atomic E-state index is -4.66. The summed E-state index contributed by atoms with van der Waals surface area (Å²) in [5, 5.41) is 3.59. The van der Waals surface area contributed by atoms with Crippen LogP contribution in [-0.2, 0) is 16.0 Å². The van der Waals surface area contributed by atoms with Gasteiger partial charge in [0, 0.05) is 11.8 Å². The third-order valence-corrected chi connectivity index (χ3v) is 4.78. The Bertz CT molecular complexity index is 1040. The van der Waals surface area contributed by atoms with Gasteiger partial charge in [0.1, 0.15) is 5.82 Å². The zero-order valence-electron chi connectivity index (χ0n) is 15.3. The summed E-state index contributed by atoms with van der Waals surface area (Å²) in [6.45, 7) is 4.00. The number of hydrogen-bond donors (Lipinski definition) is 0. The van der Waals surface area contributed by atoms with Crippen molar-refractivity contribution < 1.29 is 26.0 Å². The third kappa shape index (κ3) is 4.78. The van der Waals surface area contributed by atoms with Gasteiger partial charge in [-0.2, -0.15) is 18.3 Å². The van der Waals surface area contributed by atoms with Crippen molar-refractivity contribution in [2.75, 3.05) is 6.26 Å². The molecular weight excluding hydrogens is 396 g/mol. The van der Waals surface area contributed by atoms with Crippen molar-refractivity contribution in [2.45, 2.75) is 24.9 Å². The molecular formula is C19H18F4N2O2S. The number of nitrogens with zero attached hydrogens (tertiary/aromatic N) is 2. The highest BCUT2D eigenvalue weighted by molar-refractivity contribution is 7.90. The molecule has 0 aliphatic heterocycles. The summed E-state index contributed by atoms with van der Waals surface area (Å²) < 4.78 is 76.5. The zero-order valence-corrected chi connectivity index (χ0v) is 16.1. The molecule has 0 aliphatic rings. The number of alkyl halides is 3. The van der Waals surface area contributed by atoms with Gasteiger partial charge in [-0.15, -0.1) is 0 Å². The van der Waals surface area contributed by atoms with Gasteiger partial charge >= 0.3 is 6.18 Å². The van der Waals surface area contributed by atoms with Crippen LogP contribution in [0, 0.1) is 5.82 Å². The molecule has 0 unspecified atom stereocenters. The van der Waals surface area contributed by atoms with E-state index < -0.39 is 27.5 Å². The van der Waals surface area contributed by atoms with Gasteiger partial charge in [0.25, 0.3) is 0 Å². The highest BCUT2D eigenvalue weighted by Gasteiger charge is 2.35. The summed E-state index contributed by atoms with van der Waals surface area (Å²) in [4.78, 5) is 0.0350. The van der Waals surface area contributed by atoms with Gasteiger partial charge in [0.05, 0.1) is 16.3 Å². The van der Waals surface area contributed by atoms with Crippen LogP contribution in [0.5, 0.6) is 0 Å². The van der Waals surface area contributed by atoms with E-state index in [0.717, 1.165) is 29.1 Å². The SMILES string of the molecule is CC.CS(=O)(=O)c1ccc(-n2nc(C(F)(F)F)cc2-c2ccc(F)cc2)cc1. The number of halogens is 4. The van der Waals surface area contributed by atoms with Crippen molar-refractivity contribution in [2.24, 2.45) is 0 Å². The molecule has 1 heterocycles. The maximum Gasteiger partial charge on any atom is 0.435 e. The highest BCUT2D eigenvalue weighted by atomic mass is 32.2. The number of hydrogen-bond acceptors (Lipinski definition) is 3. The minimum absolute atomic E-state index is 0.0350. The van der Waals surface area contributed by atoms with Crippen LogP contribution < -0.4 is 0 Å². The van der Waals surface area contributed by atoms with Crippen LogP contribution in [0.2, 0.25) is 0 Å². The minimum Gasteiger partial charge on any atom is -0.233 e. The van der Waals surface area contributed by atoms with Crippen LogP contribution in [0.15, 0.2) is 59.5 Å². The standard InChI is InChI=1S/C17H12F4N2O2S.C2H6/c1-26(24,25)14-8-6-13(7-9-14)23-15(10-16(22-23)17(19,20)21)11-2-4-12(18)5-3-11;1-2/h2-10H,1H3;1-2H3. The first kappa shape index (κ1) is 21.6. The summed E-state index contributed by atoms with van der Waals surface area (Å²) >= 11 is 0. The van der Waals surface area contributed by atoms with Crippen LogP contribution in [-0.4, -0.2) is 24.5 Å². The first-order valence-corrected chi connectivity index (χ1v) is 10.2. The van der Waals surface area contributed by atoms with Crippen molar-refractivity contribution in [1.29, 1.82) is 0 Å². The normalized spacial score (nSPS) is 11.7. The van der Waals surface area contributed by atoms with Gasteiger partial charge in [0.15, 0.2) is 15.5 Å². The second-order valence-electron chi connectivity index (χ2n) is 5.60. The lowest BCUT2D eigenvalue weighted by Gasteiger charge is -2.08. The molecule has 0 fully saturated rings. The van der Waals surface area contributed by atoms with Gasteiger partial charge in [-0.3, -0.25) is 0 Å². The summed E-state index contributed by atoms with van der Waals surface area (Å²) in [7, 11) is -3.44. The molecule has 0 saturated heterocycles. The Labute approximate surface area is 160 Å². The molecule has 150 valence electrons. The lowest BCUT2D eigenvalue weighted by atomic mass is 10.1. The van der Waals surface area contributed by atoms with Crippen LogP contribution >= 0.6 is 0 Å². The van der Waals surface area contributed by atoms with Crippen molar-refractivity contribution in [1.82, 2.24) is 9.78 Å². The average Bonchev–Trinajstić information content (AvgIpc) is 3.09. The average molecular weight is 414 g/mol. The fourth-order valence-electron chi connectivity index (χ4n) is 2.38. The Balaban J connectivity index is 0.00000136. The predicted octanol–water partition coefficient (Wildman–Crippen LogP) is 5.13. The molecule has 1 aromatic heterocycles. The predicted molar refractivity (Wildman–Crippen MR) is 98.4 cm³/mol. The van der Waals surface area contributed by atoms with Crippen LogP contribution in [0.4, 0.5) is 17.6 Å². The molecule has 0 saturated carbocycles. The Kier molecular flexibility index (Phi) is 6.28. The molecule has 0 amide bonds. The van der Waals surface area contributed by atoms with Gasteiger partial charge in [0.2, 0.25) is 0 Å². The lowest BCUT2D eigenvalue weighted by molar-refractivity contribution is -0.141. The fraction of sp³-hybridized carbons (Fsp3) is 0.211. The van der Waals surface area contributed by atoms with E-state index in [4.69, 9.17) is 0 Å². The van der Waals surface area contributed by atoms with Crippen LogP contribution in [0.25, 0.3) is 16.9 Å². The molecule has 3 aromatic rings. The smallest absolute Gasteiger partial charge is 0.233 e. The largest absolute Gasteiger partial charge is 0.435 e. The Morgan fingerprint density at radius 2 is 1.46 bits per heavy atom. The highest BCUT2D eigenvalue weighted by Crippen LogP contribution is 2.33. The van der Waals surface area contributed by atoms with Gasteiger partial charge in [-0.25, -0.2) is 17.5 Å². The number of rotatable bonds is 3. The molecule has 0 bridgehead atoms. The van der Waals surface area contributed by atoms with Crippen molar-refractivity contribution in [3.05, 3.63) is 66.1 Å². The summed E-state index contributed by atoms with van der Waals surface area (Å²) in [6.07, 6.45) is -3.63. The van der Waals surface area contributed by atoms with Crippen molar-refractivity contribution in [3.63, 3.8) is 0 Å². The Morgan fingerprint density at radius 3 is 1.93 bits per heavy atom. The second kappa shape index (κ2) is 8.14. The van der Waals surface area contributed by atoms with E-state index in [9.17, 15) is 26.0 Å². The number of sulfone groups is 1. The van der Waals surface area contributed by atoms with E-state index in [2.05, 4.69) is 5.10 Å². The molecule has 0 spiro atoms. The molecule has 28 heavy (non-hydrogen) atoms. The van der Waals surface area contributed by atoms with Crippen LogP contribution in [0.3, 0.4) is 0 Å². The molecule has 0 N–H and O–H groups in total. The van der Waals surface area contributed by atoms with Gasteiger partial charge in [-0.05, 0) is 54.6 Å². The van der Waals surface area contributed by atoms with Gasteiger partial charge < -0.3 is 0 Å². The number of benzene rings is 2. The maximum atomic E-state index is 13.1. The maximum absolute atomic E-state index is 13.1. The molecule has 3 rings (SSSR count). The Hall–Kier alpha value is -2.68. The first-order chi connectivity index (χ1) is 13.1. The third-order valence-electron chi connectivity index (χ3n) is 3.65. The van der Waals surface area contributed by atoms with E-state index in [1.165, 1.54) is 36.4 Å². The van der Waals surface area contributed by atoms with E-state index in [1.54, 1.807) is 0 Å². The number of aromatic nitrogens is 2. The monoisotopic (exact) mass is 414 g/mol. The quantitative estimate of drug-likeness (QED) is 0.559. The molecule has 9 heteroatoms. The van der Waals surface area contributed by atoms with E-state index in [0.29, 0.717) is 5.56 Å². The summed E-state index contributed by atoms with van der Waals surface area (Å²) in [5.41, 5.74) is -0.428. The first-order valence-electron chi connectivity index (χ1n) is 8.29. The topological polar surface area (TPSA) is 52.0 Å². The fourth-order valence-corrected chi connectivity index (χ4v) is 3.01. The van der Waals surface area contributed by atoms with Crippen LogP contribution in [0.1, 0.15) is 19.5 Å². The van der Waals surface area contributed by atoms with Crippen molar-refractivity contribution >= 4 is 9.84 Å². The summed E-state index contributed by atoms with van der Waals surface area (Å²) in [6, 6.07) is 11.1. The zero-order chi connectivity index (χ0) is 21.1. The van der Waals surface area contributed by atoms with E-state index in [-0.39, 0.29) is 16.3 Å². The molecule has 0 radical (unpaired) electrons. The molecule has 0 aliphatic carbocycles. The molecule has 0 atom stereocenters. The van der Waals surface area contributed by atoms with Crippen molar-refractivity contribution in [3.8, 4) is 16.9 Å². The lowest BCUT2D eigenvalue weighted by Crippen LogP contribution is -2.07. The molecule has 2 aromatic carbocycles. The van der Waals surface area contributed by atoms with Gasteiger partial charge in [-0.1, -0.05) is 13.8 Å². The van der Waals surface area contributed by atoms with E-state index >= 15 is 0 Å². The molecule has 4 nitrogen and oxygen atoms in total. The summed E-state index contributed by atoms with van der Waals surface area (Å²) in [5.74, 6) is -0.520.